The Labute approximate surface area is 180 Å². The maximum absolute atomic E-state index is 12.1. The number of aromatic nitrogens is 2. The van der Waals surface area contributed by atoms with Gasteiger partial charge in [-0.1, -0.05) is 72.8 Å². The number of hydrogen-bond donors (Lipinski definition) is 1. The first-order valence-corrected chi connectivity index (χ1v) is 9.81. The zero-order chi connectivity index (χ0) is 21.5. The van der Waals surface area contributed by atoms with E-state index < -0.39 is 6.03 Å². The Balaban J connectivity index is 1.43. The molecule has 0 aliphatic heterocycles. The fraction of sp³-hybridized carbons (Fsp3) is 0.0800. The van der Waals surface area contributed by atoms with E-state index in [1.54, 1.807) is 0 Å². The lowest BCUT2D eigenvalue weighted by molar-refractivity contribution is 0.239. The molecule has 3 aromatic carbocycles. The third-order valence-corrected chi connectivity index (χ3v) is 4.75. The molecule has 0 atom stereocenters. The number of benzene rings is 3. The summed E-state index contributed by atoms with van der Waals surface area (Å²) in [5.74, 6) is 0.735. The van der Waals surface area contributed by atoms with Crippen LogP contribution in [0.25, 0.3) is 0 Å². The van der Waals surface area contributed by atoms with E-state index in [2.05, 4.69) is 34.7 Å². The van der Waals surface area contributed by atoms with Gasteiger partial charge in [0.05, 0.1) is 18.0 Å². The topological polar surface area (TPSA) is 79.9 Å². The molecule has 6 heteroatoms. The highest BCUT2D eigenvalue weighted by atomic mass is 16.5. The van der Waals surface area contributed by atoms with Gasteiger partial charge in [-0.25, -0.2) is 4.79 Å². The van der Waals surface area contributed by atoms with Crippen LogP contribution in [-0.4, -0.2) is 15.8 Å². The van der Waals surface area contributed by atoms with E-state index in [9.17, 15) is 4.79 Å². The van der Waals surface area contributed by atoms with Gasteiger partial charge < -0.3 is 10.1 Å². The van der Waals surface area contributed by atoms with Crippen LogP contribution in [0.2, 0.25) is 0 Å². The average molecular weight is 408 g/mol. The number of nitrogens with one attached hydrogen (secondary N) is 1. The first-order chi connectivity index (χ1) is 15.2. The molecule has 0 spiro atoms. The zero-order valence-electron chi connectivity index (χ0n) is 16.7. The van der Waals surface area contributed by atoms with E-state index in [4.69, 9.17) is 10.00 Å². The molecule has 0 aliphatic carbocycles. The number of nitriles is 1. The number of carbonyl (C=O) groups excluding carboxylic acids is 1. The van der Waals surface area contributed by atoms with Gasteiger partial charge in [-0.3, -0.25) is 0 Å². The van der Waals surface area contributed by atoms with Gasteiger partial charge in [0.1, 0.15) is 17.9 Å². The Morgan fingerprint density at radius 3 is 2.13 bits per heavy atom. The van der Waals surface area contributed by atoms with Crippen molar-refractivity contribution in [2.45, 2.75) is 12.6 Å². The first-order valence-electron chi connectivity index (χ1n) is 9.81. The van der Waals surface area contributed by atoms with E-state index >= 15 is 0 Å². The van der Waals surface area contributed by atoms with Gasteiger partial charge in [0, 0.05) is 6.54 Å². The van der Waals surface area contributed by atoms with Crippen molar-refractivity contribution in [3.05, 3.63) is 120 Å². The van der Waals surface area contributed by atoms with Crippen molar-refractivity contribution >= 4 is 6.03 Å². The average Bonchev–Trinajstić information content (AvgIpc) is 3.32. The van der Waals surface area contributed by atoms with Crippen molar-refractivity contribution in [2.24, 2.45) is 0 Å². The van der Waals surface area contributed by atoms with E-state index in [0.717, 1.165) is 27.1 Å². The summed E-state index contributed by atoms with van der Waals surface area (Å²) in [4.78, 5) is 12.1. The Morgan fingerprint density at radius 2 is 1.58 bits per heavy atom. The Bertz CT molecular complexity index is 1140. The molecule has 0 fully saturated rings. The molecule has 1 aromatic heterocycles. The second kappa shape index (κ2) is 9.42. The number of carbonyl (C=O) groups is 1. The molecule has 6 nitrogen and oxygen atoms in total. The highest BCUT2D eigenvalue weighted by Gasteiger charge is 2.15. The van der Waals surface area contributed by atoms with E-state index in [1.807, 2.05) is 66.7 Å². The molecule has 4 aromatic rings. The highest BCUT2D eigenvalue weighted by molar-refractivity contribution is 5.75. The second-order valence-electron chi connectivity index (χ2n) is 6.91. The summed E-state index contributed by atoms with van der Waals surface area (Å²) in [5.41, 5.74) is 3.40. The minimum absolute atomic E-state index is 0.220. The molecule has 0 unspecified atom stereocenters. The van der Waals surface area contributed by atoms with Crippen LogP contribution in [0, 0.1) is 11.3 Å². The van der Waals surface area contributed by atoms with Crippen molar-refractivity contribution in [3.63, 3.8) is 0 Å². The monoisotopic (exact) mass is 408 g/mol. The second-order valence-corrected chi connectivity index (χ2v) is 6.91. The molecule has 0 bridgehead atoms. The summed E-state index contributed by atoms with van der Waals surface area (Å²) in [6, 6.07) is 29.3. The van der Waals surface area contributed by atoms with Crippen LogP contribution in [0.15, 0.2) is 97.3 Å². The molecule has 4 rings (SSSR count). The Morgan fingerprint density at radius 1 is 0.968 bits per heavy atom. The summed E-state index contributed by atoms with van der Waals surface area (Å²) in [6.07, 6.45) is 2.52. The smallest absolute Gasteiger partial charge is 0.342 e. The number of nitrogens with zero attached hydrogens (tertiary/aromatic N) is 3. The summed E-state index contributed by atoms with van der Waals surface area (Å²) in [7, 11) is 0. The van der Waals surface area contributed by atoms with Crippen molar-refractivity contribution in [1.29, 1.82) is 5.26 Å². The van der Waals surface area contributed by atoms with E-state index in [0.29, 0.717) is 12.1 Å². The van der Waals surface area contributed by atoms with Gasteiger partial charge in [0.15, 0.2) is 0 Å². The summed E-state index contributed by atoms with van der Waals surface area (Å²) >= 11 is 0. The fourth-order valence-electron chi connectivity index (χ4n) is 3.16. The lowest BCUT2D eigenvalue weighted by atomic mass is 10.0. The molecule has 0 saturated carbocycles. The zero-order valence-corrected chi connectivity index (χ0v) is 16.7. The van der Waals surface area contributed by atoms with Crippen LogP contribution in [0.1, 0.15) is 28.4 Å². The number of amides is 1. The fourth-order valence-corrected chi connectivity index (χ4v) is 3.16. The maximum atomic E-state index is 12.1. The number of rotatable bonds is 6. The molecule has 1 amide bonds. The normalized spacial score (nSPS) is 10.5. The number of hydrogen-bond acceptors (Lipinski definition) is 4. The molecule has 152 valence electrons. The molecule has 0 aliphatic rings. The summed E-state index contributed by atoms with van der Waals surface area (Å²) in [5, 5.41) is 15.5. The van der Waals surface area contributed by atoms with E-state index in [-0.39, 0.29) is 6.10 Å². The molecule has 0 saturated heterocycles. The van der Waals surface area contributed by atoms with Gasteiger partial charge in [-0.2, -0.15) is 15.0 Å². The molecule has 1 N–H and O–H groups in total. The van der Waals surface area contributed by atoms with Crippen LogP contribution in [0.3, 0.4) is 0 Å². The van der Waals surface area contributed by atoms with Crippen LogP contribution < -0.4 is 10.1 Å². The predicted molar refractivity (Wildman–Crippen MR) is 116 cm³/mol. The van der Waals surface area contributed by atoms with Gasteiger partial charge >= 0.3 is 6.03 Å². The molecular formula is C25H20N4O2. The maximum Gasteiger partial charge on any atom is 0.342 e. The van der Waals surface area contributed by atoms with Crippen LogP contribution in [0.5, 0.6) is 5.75 Å². The molecular weight excluding hydrogens is 388 g/mol. The van der Waals surface area contributed by atoms with Gasteiger partial charge in [0.2, 0.25) is 0 Å². The Hall–Kier alpha value is -4.37. The third-order valence-electron chi connectivity index (χ3n) is 4.75. The van der Waals surface area contributed by atoms with Crippen LogP contribution in [0.4, 0.5) is 4.79 Å². The van der Waals surface area contributed by atoms with Crippen LogP contribution >= 0.6 is 0 Å². The summed E-state index contributed by atoms with van der Waals surface area (Å²) < 4.78 is 7.43. The first kappa shape index (κ1) is 19.9. The third kappa shape index (κ3) is 4.98. The molecule has 1 heterocycles. The lowest BCUT2D eigenvalue weighted by Gasteiger charge is -2.20. The van der Waals surface area contributed by atoms with Crippen molar-refractivity contribution in [3.8, 4) is 11.8 Å². The van der Waals surface area contributed by atoms with Gasteiger partial charge in [0.25, 0.3) is 0 Å². The largest absolute Gasteiger partial charge is 0.481 e. The predicted octanol–water partition coefficient (Wildman–Crippen LogP) is 4.68. The quantitative estimate of drug-likeness (QED) is 0.502. The SMILES string of the molecule is N#Cc1cnn(C(=O)NCc2ccc(OC(c3ccccc3)c3ccccc3)cc2)c1. The van der Waals surface area contributed by atoms with E-state index in [1.165, 1.54) is 12.4 Å². The van der Waals surface area contributed by atoms with Crippen molar-refractivity contribution in [2.75, 3.05) is 0 Å². The van der Waals surface area contributed by atoms with Gasteiger partial charge in [-0.15, -0.1) is 0 Å². The standard InChI is InChI=1S/C25H20N4O2/c26-15-20-17-28-29(18-20)25(30)27-16-19-11-13-23(14-12-19)31-24(21-7-3-1-4-8-21)22-9-5-2-6-10-22/h1-14,17-18,24H,16H2,(H,27,30). The number of ether oxygens (including phenoxy) is 1. The lowest BCUT2D eigenvalue weighted by Crippen LogP contribution is -2.28. The summed E-state index contributed by atoms with van der Waals surface area (Å²) in [6.45, 7) is 0.335. The molecule has 31 heavy (non-hydrogen) atoms. The highest BCUT2D eigenvalue weighted by Crippen LogP contribution is 2.28. The van der Waals surface area contributed by atoms with Crippen molar-refractivity contribution < 1.29 is 9.53 Å². The van der Waals surface area contributed by atoms with Gasteiger partial charge in [-0.05, 0) is 28.8 Å². The Kier molecular flexibility index (Phi) is 6.05. The van der Waals surface area contributed by atoms with Crippen molar-refractivity contribution in [1.82, 2.24) is 15.1 Å². The minimum atomic E-state index is -0.393. The minimum Gasteiger partial charge on any atom is -0.481 e. The van der Waals surface area contributed by atoms with Crippen LogP contribution in [-0.2, 0) is 6.54 Å². The molecule has 0 radical (unpaired) electrons.